The fourth-order valence-electron chi connectivity index (χ4n) is 3.66. The van der Waals surface area contributed by atoms with Crippen LogP contribution in [0.25, 0.3) is 10.9 Å². The molecule has 0 aliphatic carbocycles. The van der Waals surface area contributed by atoms with Crippen LogP contribution in [0.3, 0.4) is 0 Å². The number of para-hydroxylation sites is 2. The first-order valence-electron chi connectivity index (χ1n) is 9.43. The lowest BCUT2D eigenvalue weighted by Crippen LogP contribution is -2.60. The second kappa shape index (κ2) is 6.95. The van der Waals surface area contributed by atoms with E-state index < -0.39 is 5.66 Å². The van der Waals surface area contributed by atoms with Crippen LogP contribution in [0, 0.1) is 0 Å². The Morgan fingerprint density at radius 1 is 1.00 bits per heavy atom. The zero-order chi connectivity index (χ0) is 19.8. The summed E-state index contributed by atoms with van der Waals surface area (Å²) in [6.07, 6.45) is 2.48. The van der Waals surface area contributed by atoms with Gasteiger partial charge in [0.15, 0.2) is 0 Å². The van der Waals surface area contributed by atoms with Crippen LogP contribution < -0.4 is 16.4 Å². The molecule has 0 bridgehead atoms. The highest BCUT2D eigenvalue weighted by atomic mass is 35.5. The SMILES string of the molecule is NC1(Cc2ccc(Cl)cc2)Nc2ccccc2N=C1Nc1ccc2[nH]ccc2c1. The molecule has 144 valence electrons. The molecule has 6 heteroatoms. The fraction of sp³-hybridized carbons (Fsp3) is 0.0870. The minimum absolute atomic E-state index is 0.552. The molecule has 5 rings (SSSR count). The number of aromatic nitrogens is 1. The van der Waals surface area contributed by atoms with Crippen molar-refractivity contribution in [1.82, 2.24) is 4.98 Å². The van der Waals surface area contributed by atoms with E-state index in [0.717, 1.165) is 33.5 Å². The van der Waals surface area contributed by atoms with E-state index in [2.05, 4.69) is 21.7 Å². The first-order valence-corrected chi connectivity index (χ1v) is 9.81. The zero-order valence-electron chi connectivity index (χ0n) is 15.6. The van der Waals surface area contributed by atoms with Gasteiger partial charge in [-0.05, 0) is 54.1 Å². The molecular weight excluding hydrogens is 382 g/mol. The maximum Gasteiger partial charge on any atom is 0.150 e. The van der Waals surface area contributed by atoms with Crippen LogP contribution in [0.4, 0.5) is 17.1 Å². The Kier molecular flexibility index (Phi) is 4.27. The van der Waals surface area contributed by atoms with Gasteiger partial charge in [-0.25, -0.2) is 4.99 Å². The van der Waals surface area contributed by atoms with Gasteiger partial charge in [0.2, 0.25) is 0 Å². The number of H-pyrrole nitrogens is 1. The van der Waals surface area contributed by atoms with Gasteiger partial charge in [-0.3, -0.25) is 0 Å². The highest BCUT2D eigenvalue weighted by Crippen LogP contribution is 2.33. The van der Waals surface area contributed by atoms with Crippen LogP contribution in [0.15, 0.2) is 84.0 Å². The summed E-state index contributed by atoms with van der Waals surface area (Å²) < 4.78 is 0. The number of nitrogens with one attached hydrogen (secondary N) is 3. The predicted molar refractivity (Wildman–Crippen MR) is 121 cm³/mol. The molecule has 1 atom stereocenters. The Hall–Kier alpha value is -3.28. The summed E-state index contributed by atoms with van der Waals surface area (Å²) in [6.45, 7) is 0. The summed E-state index contributed by atoms with van der Waals surface area (Å²) in [7, 11) is 0. The van der Waals surface area contributed by atoms with Crippen molar-refractivity contribution in [2.75, 3.05) is 10.6 Å². The van der Waals surface area contributed by atoms with Gasteiger partial charge in [0.25, 0.3) is 0 Å². The van der Waals surface area contributed by atoms with Gasteiger partial charge in [0.05, 0.1) is 11.4 Å². The molecule has 1 unspecified atom stereocenters. The maximum atomic E-state index is 6.89. The Morgan fingerprint density at radius 2 is 1.83 bits per heavy atom. The van der Waals surface area contributed by atoms with Gasteiger partial charge in [-0.2, -0.15) is 0 Å². The smallest absolute Gasteiger partial charge is 0.150 e. The summed E-state index contributed by atoms with van der Waals surface area (Å²) in [4.78, 5) is 8.07. The molecule has 0 spiro atoms. The Morgan fingerprint density at radius 3 is 2.69 bits per heavy atom. The zero-order valence-corrected chi connectivity index (χ0v) is 16.4. The van der Waals surface area contributed by atoms with Crippen molar-refractivity contribution in [2.45, 2.75) is 12.1 Å². The summed E-state index contributed by atoms with van der Waals surface area (Å²) in [5, 5.41) is 8.76. The summed E-state index contributed by atoms with van der Waals surface area (Å²) >= 11 is 6.04. The molecule has 1 aliphatic heterocycles. The maximum absolute atomic E-state index is 6.89. The lowest BCUT2D eigenvalue weighted by atomic mass is 9.96. The van der Waals surface area contributed by atoms with Crippen molar-refractivity contribution in [3.63, 3.8) is 0 Å². The minimum atomic E-state index is -0.894. The third kappa shape index (κ3) is 3.46. The highest BCUT2D eigenvalue weighted by Gasteiger charge is 2.36. The van der Waals surface area contributed by atoms with E-state index in [9.17, 15) is 0 Å². The number of anilines is 2. The summed E-state index contributed by atoms with van der Waals surface area (Å²) in [5.74, 6) is 0.668. The van der Waals surface area contributed by atoms with Crippen LogP contribution >= 0.6 is 11.6 Å². The Balaban J connectivity index is 1.53. The van der Waals surface area contributed by atoms with Gasteiger partial charge in [-0.15, -0.1) is 0 Å². The fourth-order valence-corrected chi connectivity index (χ4v) is 3.78. The molecule has 5 nitrogen and oxygen atoms in total. The molecule has 4 aromatic rings. The number of benzene rings is 3. The van der Waals surface area contributed by atoms with E-state index >= 15 is 0 Å². The van der Waals surface area contributed by atoms with Gasteiger partial charge in [0.1, 0.15) is 11.5 Å². The van der Waals surface area contributed by atoms with E-state index in [4.69, 9.17) is 22.3 Å². The molecule has 5 N–H and O–H groups in total. The lowest BCUT2D eigenvalue weighted by Gasteiger charge is -2.37. The Labute approximate surface area is 173 Å². The number of hydrogen-bond donors (Lipinski definition) is 4. The van der Waals surface area contributed by atoms with Crippen molar-refractivity contribution in [2.24, 2.45) is 10.7 Å². The summed E-state index contributed by atoms with van der Waals surface area (Å²) in [5.41, 5.74) is 10.9. The molecule has 0 fully saturated rings. The van der Waals surface area contributed by atoms with Gasteiger partial charge >= 0.3 is 0 Å². The first kappa shape index (κ1) is 17.8. The monoisotopic (exact) mass is 401 g/mol. The molecule has 0 saturated heterocycles. The number of amidine groups is 1. The van der Waals surface area contributed by atoms with Gasteiger partial charge < -0.3 is 21.4 Å². The number of hydrogen-bond acceptors (Lipinski definition) is 4. The average Bonchev–Trinajstić information content (AvgIpc) is 3.18. The highest BCUT2D eigenvalue weighted by molar-refractivity contribution is 6.30. The predicted octanol–water partition coefficient (Wildman–Crippen LogP) is 5.29. The number of nitrogens with zero attached hydrogens (tertiary/aromatic N) is 1. The second-order valence-electron chi connectivity index (χ2n) is 7.28. The Bertz CT molecular complexity index is 1210. The molecule has 1 aliphatic rings. The van der Waals surface area contributed by atoms with E-state index in [-0.39, 0.29) is 0 Å². The second-order valence-corrected chi connectivity index (χ2v) is 7.72. The van der Waals surface area contributed by atoms with E-state index in [1.54, 1.807) is 0 Å². The first-order chi connectivity index (χ1) is 14.1. The molecular formula is C23H20ClN5. The van der Waals surface area contributed by atoms with Crippen molar-refractivity contribution < 1.29 is 0 Å². The van der Waals surface area contributed by atoms with Crippen LogP contribution in [-0.2, 0) is 6.42 Å². The molecule has 0 saturated carbocycles. The minimum Gasteiger partial charge on any atom is -0.361 e. The van der Waals surface area contributed by atoms with Crippen molar-refractivity contribution in [3.05, 3.63) is 89.6 Å². The molecule has 0 amide bonds. The van der Waals surface area contributed by atoms with Crippen LogP contribution in [0.5, 0.6) is 0 Å². The van der Waals surface area contributed by atoms with Gasteiger partial charge in [-0.1, -0.05) is 35.9 Å². The van der Waals surface area contributed by atoms with Crippen LogP contribution in [0.1, 0.15) is 5.56 Å². The van der Waals surface area contributed by atoms with Gasteiger partial charge in [0, 0.05) is 34.2 Å². The summed E-state index contributed by atoms with van der Waals surface area (Å²) in [6, 6.07) is 23.8. The average molecular weight is 402 g/mol. The number of aliphatic imine (C=N–C) groups is 1. The van der Waals surface area contributed by atoms with E-state index in [0.29, 0.717) is 17.3 Å². The van der Waals surface area contributed by atoms with E-state index in [1.165, 1.54) is 0 Å². The number of fused-ring (bicyclic) bond motifs is 2. The topological polar surface area (TPSA) is 78.2 Å². The van der Waals surface area contributed by atoms with E-state index in [1.807, 2.05) is 72.9 Å². The molecule has 1 aromatic heterocycles. The van der Waals surface area contributed by atoms with Crippen LogP contribution in [-0.4, -0.2) is 16.5 Å². The number of aromatic amines is 1. The standard InChI is InChI=1S/C23H20ClN5/c24-17-7-5-15(6-8-17)14-23(25)22(28-20-3-1-2-4-21(20)29-23)27-18-9-10-19-16(13-18)11-12-26-19/h1-13,26,29H,14,25H2,(H,27,28). The van der Waals surface area contributed by atoms with Crippen LogP contribution in [0.2, 0.25) is 5.02 Å². The number of halogens is 1. The van der Waals surface area contributed by atoms with Crippen molar-refractivity contribution in [1.29, 1.82) is 0 Å². The number of nitrogens with two attached hydrogens (primary N) is 1. The third-order valence-electron chi connectivity index (χ3n) is 5.13. The molecule has 2 heterocycles. The largest absolute Gasteiger partial charge is 0.361 e. The van der Waals surface area contributed by atoms with Crippen molar-refractivity contribution in [3.8, 4) is 0 Å². The molecule has 3 aromatic carbocycles. The third-order valence-corrected chi connectivity index (χ3v) is 5.38. The van der Waals surface area contributed by atoms with Crippen molar-refractivity contribution >= 4 is 45.4 Å². The molecule has 29 heavy (non-hydrogen) atoms. The lowest BCUT2D eigenvalue weighted by molar-refractivity contribution is 0.631. The molecule has 0 radical (unpaired) electrons. The normalized spacial score (nSPS) is 18.1. The quantitative estimate of drug-likeness (QED) is 0.377. The number of rotatable bonds is 3.